The third kappa shape index (κ3) is 1.87. The molecule has 1 fully saturated rings. The molecule has 2 aliphatic heterocycles. The Morgan fingerprint density at radius 3 is 3.05 bits per heavy atom. The maximum atomic E-state index is 10.5. The van der Waals surface area contributed by atoms with E-state index in [4.69, 9.17) is 4.74 Å². The van der Waals surface area contributed by atoms with Gasteiger partial charge in [-0.25, -0.2) is 9.97 Å². The summed E-state index contributed by atoms with van der Waals surface area (Å²) in [5.41, 5.74) is -0.0270. The fourth-order valence-electron chi connectivity index (χ4n) is 3.44. The van der Waals surface area contributed by atoms with Gasteiger partial charge >= 0.3 is 0 Å². The van der Waals surface area contributed by atoms with Gasteiger partial charge in [-0.2, -0.15) is 0 Å². The molecule has 0 aliphatic carbocycles. The number of rotatable bonds is 0. The zero-order chi connectivity index (χ0) is 14.8. The van der Waals surface area contributed by atoms with Gasteiger partial charge in [0.05, 0.1) is 11.6 Å². The van der Waals surface area contributed by atoms with Gasteiger partial charge in [-0.1, -0.05) is 0 Å². The van der Waals surface area contributed by atoms with Crippen LogP contribution in [-0.4, -0.2) is 49.6 Å². The Morgan fingerprint density at radius 2 is 2.24 bits per heavy atom. The monoisotopic (exact) mass is 289 g/mol. The van der Waals surface area contributed by atoms with Gasteiger partial charge in [-0.05, 0) is 33.6 Å². The molecular weight excluding hydrogens is 270 g/mol. The van der Waals surface area contributed by atoms with Crippen LogP contribution in [0.3, 0.4) is 0 Å². The summed E-state index contributed by atoms with van der Waals surface area (Å²) in [4.78, 5) is 11.2. The van der Waals surface area contributed by atoms with Crippen molar-refractivity contribution in [2.24, 2.45) is 0 Å². The molecule has 0 aromatic carbocycles. The van der Waals surface area contributed by atoms with Crippen LogP contribution in [-0.2, 0) is 0 Å². The maximum absolute atomic E-state index is 10.5. The van der Waals surface area contributed by atoms with Crippen molar-refractivity contribution in [1.29, 1.82) is 0 Å². The van der Waals surface area contributed by atoms with Crippen molar-refractivity contribution >= 4 is 16.9 Å². The topological polar surface area (TPSA) is 87.2 Å². The summed E-state index contributed by atoms with van der Waals surface area (Å²) >= 11 is 0. The molecule has 7 nitrogen and oxygen atoms in total. The lowest BCUT2D eigenvalue weighted by atomic mass is 9.88. The highest BCUT2D eigenvalue weighted by Gasteiger charge is 2.42. The van der Waals surface area contributed by atoms with Gasteiger partial charge in [0.1, 0.15) is 23.1 Å². The van der Waals surface area contributed by atoms with E-state index in [9.17, 15) is 5.11 Å². The van der Waals surface area contributed by atoms with Crippen molar-refractivity contribution < 1.29 is 9.84 Å². The molecule has 0 radical (unpaired) electrons. The second-order valence-corrected chi connectivity index (χ2v) is 6.40. The summed E-state index contributed by atoms with van der Waals surface area (Å²) in [6, 6.07) is 0.192. The molecule has 0 spiro atoms. The molecule has 2 aromatic heterocycles. The van der Waals surface area contributed by atoms with Crippen LogP contribution >= 0.6 is 0 Å². The van der Waals surface area contributed by atoms with Crippen molar-refractivity contribution in [2.45, 2.75) is 51.4 Å². The van der Waals surface area contributed by atoms with Crippen LogP contribution in [0.5, 0.6) is 5.88 Å². The normalized spacial score (nSPS) is 31.7. The van der Waals surface area contributed by atoms with Crippen molar-refractivity contribution in [3.05, 3.63) is 5.82 Å². The average Bonchev–Trinajstić information content (AvgIpc) is 2.74. The van der Waals surface area contributed by atoms with E-state index in [0.717, 1.165) is 24.0 Å². The number of ether oxygens (including phenoxy) is 1. The lowest BCUT2D eigenvalue weighted by Crippen LogP contribution is -2.55. The van der Waals surface area contributed by atoms with Gasteiger partial charge in [0, 0.05) is 6.54 Å². The number of aryl methyl sites for hydroxylation is 1. The van der Waals surface area contributed by atoms with Crippen molar-refractivity contribution in [3.63, 3.8) is 0 Å². The van der Waals surface area contributed by atoms with Gasteiger partial charge in [0.25, 0.3) is 0 Å². The van der Waals surface area contributed by atoms with Gasteiger partial charge in [0.15, 0.2) is 5.65 Å². The van der Waals surface area contributed by atoms with Crippen LogP contribution in [0.25, 0.3) is 11.0 Å². The standard InChI is InChI=1S/C14H19N5O2/c1-7-9-4-5-14(3,20)6-19(9)12-10-11(15-8(2)16-12)17-18-13(10)21-7/h7,9,20H,4-6H2,1-3H3,(H,15,16,17,18)/t7?,9?,14-/m0/s1. The summed E-state index contributed by atoms with van der Waals surface area (Å²) in [6.07, 6.45) is 1.62. The predicted octanol–water partition coefficient (Wildman–Crippen LogP) is 1.16. The maximum Gasteiger partial charge on any atom is 0.246 e. The Morgan fingerprint density at radius 1 is 1.43 bits per heavy atom. The highest BCUT2D eigenvalue weighted by atomic mass is 16.5. The molecule has 4 rings (SSSR count). The number of aromatic amines is 1. The molecule has 2 unspecified atom stereocenters. The van der Waals surface area contributed by atoms with E-state index >= 15 is 0 Å². The van der Waals surface area contributed by atoms with Gasteiger partial charge in [0.2, 0.25) is 5.88 Å². The number of H-pyrrole nitrogens is 1. The third-order valence-corrected chi connectivity index (χ3v) is 4.48. The molecule has 112 valence electrons. The van der Waals surface area contributed by atoms with E-state index in [1.54, 1.807) is 0 Å². The van der Waals surface area contributed by atoms with Gasteiger partial charge < -0.3 is 14.7 Å². The number of hydrogen-bond acceptors (Lipinski definition) is 6. The first-order chi connectivity index (χ1) is 9.94. The smallest absolute Gasteiger partial charge is 0.246 e. The molecule has 7 heteroatoms. The van der Waals surface area contributed by atoms with E-state index in [-0.39, 0.29) is 12.1 Å². The number of anilines is 1. The third-order valence-electron chi connectivity index (χ3n) is 4.48. The Kier molecular flexibility index (Phi) is 2.48. The lowest BCUT2D eigenvalue weighted by Gasteiger charge is -2.44. The number of aliphatic hydroxyl groups is 1. The van der Waals surface area contributed by atoms with E-state index in [1.165, 1.54) is 0 Å². The highest BCUT2D eigenvalue weighted by Crippen LogP contribution is 2.40. The fourth-order valence-corrected chi connectivity index (χ4v) is 3.44. The van der Waals surface area contributed by atoms with E-state index < -0.39 is 5.60 Å². The minimum atomic E-state index is -0.713. The molecule has 0 saturated carbocycles. The number of piperidine rings is 1. The molecular formula is C14H19N5O2. The summed E-state index contributed by atoms with van der Waals surface area (Å²) in [6.45, 7) is 6.33. The molecule has 3 atom stereocenters. The number of fused-ring (bicyclic) bond motifs is 2. The van der Waals surface area contributed by atoms with Crippen molar-refractivity contribution in [3.8, 4) is 5.88 Å². The SMILES string of the molecule is Cc1nc2c3c(n[nH]c3n1)OC(C)C1CC[C@](C)(O)CN21. The summed E-state index contributed by atoms with van der Waals surface area (Å²) in [5.74, 6) is 2.06. The summed E-state index contributed by atoms with van der Waals surface area (Å²) in [5, 5.41) is 18.4. The zero-order valence-electron chi connectivity index (χ0n) is 12.4. The Hall–Kier alpha value is -1.89. The van der Waals surface area contributed by atoms with E-state index in [1.807, 2.05) is 20.8 Å². The fraction of sp³-hybridized carbons (Fsp3) is 0.643. The minimum Gasteiger partial charge on any atom is -0.471 e. The first kappa shape index (κ1) is 12.8. The molecule has 2 aromatic rings. The van der Waals surface area contributed by atoms with Crippen LogP contribution < -0.4 is 9.64 Å². The average molecular weight is 289 g/mol. The van der Waals surface area contributed by atoms with Crippen LogP contribution in [0.15, 0.2) is 0 Å². The van der Waals surface area contributed by atoms with Crippen LogP contribution in [0.1, 0.15) is 32.5 Å². The largest absolute Gasteiger partial charge is 0.471 e. The first-order valence-electron chi connectivity index (χ1n) is 7.33. The highest BCUT2D eigenvalue weighted by molar-refractivity contribution is 5.92. The van der Waals surface area contributed by atoms with Crippen LogP contribution in [0, 0.1) is 6.92 Å². The predicted molar refractivity (Wildman–Crippen MR) is 77.5 cm³/mol. The number of hydrogen-bond donors (Lipinski definition) is 2. The van der Waals surface area contributed by atoms with Crippen molar-refractivity contribution in [2.75, 3.05) is 11.4 Å². The molecule has 0 bridgehead atoms. The van der Waals surface area contributed by atoms with E-state index in [0.29, 0.717) is 23.9 Å². The first-order valence-corrected chi connectivity index (χ1v) is 7.33. The molecule has 2 aliphatic rings. The molecule has 2 N–H and O–H groups in total. The van der Waals surface area contributed by atoms with Gasteiger partial charge in [-0.3, -0.25) is 5.10 Å². The number of aromatic nitrogens is 4. The lowest BCUT2D eigenvalue weighted by molar-refractivity contribution is 0.0242. The Bertz CT molecular complexity index is 711. The molecule has 1 saturated heterocycles. The Labute approximate surface area is 122 Å². The Balaban J connectivity index is 1.95. The summed E-state index contributed by atoms with van der Waals surface area (Å²) < 4.78 is 6.00. The minimum absolute atomic E-state index is 0.0119. The quantitative estimate of drug-likeness (QED) is 0.757. The van der Waals surface area contributed by atoms with E-state index in [2.05, 4.69) is 25.1 Å². The van der Waals surface area contributed by atoms with Crippen LogP contribution in [0.2, 0.25) is 0 Å². The van der Waals surface area contributed by atoms with Crippen LogP contribution in [0.4, 0.5) is 5.82 Å². The molecule has 21 heavy (non-hydrogen) atoms. The molecule has 4 heterocycles. The number of nitrogens with zero attached hydrogens (tertiary/aromatic N) is 4. The number of nitrogens with one attached hydrogen (secondary N) is 1. The second-order valence-electron chi connectivity index (χ2n) is 6.40. The second kappa shape index (κ2) is 4.07. The van der Waals surface area contributed by atoms with Crippen molar-refractivity contribution in [1.82, 2.24) is 20.2 Å². The summed E-state index contributed by atoms with van der Waals surface area (Å²) in [7, 11) is 0. The van der Waals surface area contributed by atoms with Gasteiger partial charge in [-0.15, -0.1) is 5.10 Å². The molecule has 0 amide bonds. The zero-order valence-corrected chi connectivity index (χ0v) is 12.4.